The van der Waals surface area contributed by atoms with E-state index in [-0.39, 0.29) is 11.0 Å². The zero-order chi connectivity index (χ0) is 14.5. The fourth-order valence-corrected chi connectivity index (χ4v) is 1.76. The molecule has 3 nitrogen and oxygen atoms in total. The maximum Gasteiger partial charge on any atom is 0.341 e. The SMILES string of the molecule is CC(C)(C)[Si](C)(C)OOC(=O)CCc1ccccc1. The van der Waals surface area contributed by atoms with Crippen LogP contribution < -0.4 is 0 Å². The summed E-state index contributed by atoms with van der Waals surface area (Å²) in [5, 5.41) is 0.0344. The van der Waals surface area contributed by atoms with Crippen LogP contribution in [0.25, 0.3) is 0 Å². The van der Waals surface area contributed by atoms with Gasteiger partial charge in [-0.25, -0.2) is 9.37 Å². The lowest BCUT2D eigenvalue weighted by Crippen LogP contribution is -2.41. The summed E-state index contributed by atoms with van der Waals surface area (Å²) in [7, 11) is -2.02. The quantitative estimate of drug-likeness (QED) is 0.463. The molecule has 0 heterocycles. The van der Waals surface area contributed by atoms with Gasteiger partial charge in [0.25, 0.3) is 8.32 Å². The topological polar surface area (TPSA) is 35.5 Å². The van der Waals surface area contributed by atoms with E-state index in [2.05, 4.69) is 33.9 Å². The van der Waals surface area contributed by atoms with Crippen molar-refractivity contribution in [2.24, 2.45) is 0 Å². The smallest absolute Gasteiger partial charge is 0.310 e. The number of benzene rings is 1. The van der Waals surface area contributed by atoms with Gasteiger partial charge in [-0.3, -0.25) is 0 Å². The Hall–Kier alpha value is -1.13. The molecular formula is C15H24O3Si. The first kappa shape index (κ1) is 15.9. The van der Waals surface area contributed by atoms with Gasteiger partial charge < -0.3 is 4.89 Å². The van der Waals surface area contributed by atoms with Crippen molar-refractivity contribution < 1.29 is 14.3 Å². The standard InChI is InChI=1S/C15H24O3Si/c1-15(2,3)19(4,5)18-17-14(16)12-11-13-9-7-6-8-10-13/h6-10H,11-12H2,1-5H3. The highest BCUT2D eigenvalue weighted by Crippen LogP contribution is 2.36. The van der Waals surface area contributed by atoms with Gasteiger partial charge in [0.1, 0.15) is 0 Å². The molecule has 4 heteroatoms. The Morgan fingerprint density at radius 2 is 1.74 bits per heavy atom. The summed E-state index contributed by atoms with van der Waals surface area (Å²) in [6, 6.07) is 9.89. The summed E-state index contributed by atoms with van der Waals surface area (Å²) >= 11 is 0. The van der Waals surface area contributed by atoms with Gasteiger partial charge >= 0.3 is 5.97 Å². The molecule has 0 amide bonds. The van der Waals surface area contributed by atoms with E-state index in [0.29, 0.717) is 12.8 Å². The van der Waals surface area contributed by atoms with Crippen molar-refractivity contribution in [1.82, 2.24) is 0 Å². The van der Waals surface area contributed by atoms with Gasteiger partial charge in [-0.05, 0) is 30.1 Å². The van der Waals surface area contributed by atoms with Crippen molar-refractivity contribution in [3.05, 3.63) is 35.9 Å². The van der Waals surface area contributed by atoms with Gasteiger partial charge in [-0.1, -0.05) is 51.1 Å². The molecule has 0 spiro atoms. The van der Waals surface area contributed by atoms with Crippen LogP contribution in [0.2, 0.25) is 18.1 Å². The number of rotatable bonds is 5. The van der Waals surface area contributed by atoms with Gasteiger partial charge in [0.2, 0.25) is 0 Å². The Kier molecular flexibility index (Phi) is 5.32. The van der Waals surface area contributed by atoms with Gasteiger partial charge in [0.15, 0.2) is 0 Å². The van der Waals surface area contributed by atoms with Crippen LogP contribution in [0.4, 0.5) is 0 Å². The molecule has 0 fully saturated rings. The minimum Gasteiger partial charge on any atom is -0.310 e. The maximum absolute atomic E-state index is 11.7. The zero-order valence-corrected chi connectivity index (χ0v) is 13.5. The largest absolute Gasteiger partial charge is 0.341 e. The minimum atomic E-state index is -2.02. The number of carbonyl (C=O) groups is 1. The normalized spacial score (nSPS) is 12.3. The molecule has 0 saturated carbocycles. The summed E-state index contributed by atoms with van der Waals surface area (Å²) in [6.45, 7) is 10.4. The van der Waals surface area contributed by atoms with E-state index >= 15 is 0 Å². The summed E-state index contributed by atoms with van der Waals surface area (Å²) in [5.41, 5.74) is 1.13. The summed E-state index contributed by atoms with van der Waals surface area (Å²) < 4.78 is 5.43. The lowest BCUT2D eigenvalue weighted by atomic mass is 10.1. The molecule has 0 aliphatic heterocycles. The van der Waals surface area contributed by atoms with E-state index in [9.17, 15) is 4.79 Å². The molecule has 0 bridgehead atoms. The van der Waals surface area contributed by atoms with E-state index in [1.54, 1.807) is 0 Å². The highest BCUT2D eigenvalue weighted by molar-refractivity contribution is 6.73. The third-order valence-electron chi connectivity index (χ3n) is 3.61. The van der Waals surface area contributed by atoms with Crippen molar-refractivity contribution >= 4 is 14.3 Å². The molecule has 0 radical (unpaired) electrons. The van der Waals surface area contributed by atoms with Crippen LogP contribution >= 0.6 is 0 Å². The minimum absolute atomic E-state index is 0.0344. The number of hydrogen-bond donors (Lipinski definition) is 0. The maximum atomic E-state index is 11.7. The van der Waals surface area contributed by atoms with Crippen molar-refractivity contribution in [2.75, 3.05) is 0 Å². The van der Waals surface area contributed by atoms with Crippen molar-refractivity contribution in [3.63, 3.8) is 0 Å². The van der Waals surface area contributed by atoms with E-state index in [1.807, 2.05) is 30.3 Å². The molecule has 0 saturated heterocycles. The number of carbonyl (C=O) groups excluding carboxylic acids is 1. The fraction of sp³-hybridized carbons (Fsp3) is 0.533. The van der Waals surface area contributed by atoms with E-state index in [4.69, 9.17) is 9.46 Å². The van der Waals surface area contributed by atoms with Crippen molar-refractivity contribution in [3.8, 4) is 0 Å². The Labute approximate surface area is 117 Å². The van der Waals surface area contributed by atoms with Crippen molar-refractivity contribution in [1.29, 1.82) is 0 Å². The number of hydrogen-bond acceptors (Lipinski definition) is 3. The zero-order valence-electron chi connectivity index (χ0n) is 12.5. The second-order valence-electron chi connectivity index (χ2n) is 6.28. The average Bonchev–Trinajstić information content (AvgIpc) is 2.34. The van der Waals surface area contributed by atoms with Crippen LogP contribution in [0.15, 0.2) is 30.3 Å². The number of aryl methyl sites for hydroxylation is 1. The molecule has 0 aromatic heterocycles. The highest BCUT2D eigenvalue weighted by atomic mass is 28.4. The van der Waals surface area contributed by atoms with Crippen LogP contribution in [0, 0.1) is 0 Å². The molecule has 19 heavy (non-hydrogen) atoms. The Morgan fingerprint density at radius 3 is 2.26 bits per heavy atom. The van der Waals surface area contributed by atoms with Crippen LogP contribution in [0.5, 0.6) is 0 Å². The van der Waals surface area contributed by atoms with Crippen molar-refractivity contribution in [2.45, 2.75) is 51.7 Å². The predicted molar refractivity (Wildman–Crippen MR) is 79.1 cm³/mol. The fourth-order valence-electron chi connectivity index (χ4n) is 1.21. The Bertz CT molecular complexity index is 407. The first-order valence-electron chi connectivity index (χ1n) is 6.65. The Morgan fingerprint density at radius 1 is 1.16 bits per heavy atom. The Balaban J connectivity index is 2.37. The molecule has 1 rings (SSSR count). The first-order chi connectivity index (χ1) is 8.72. The summed E-state index contributed by atoms with van der Waals surface area (Å²) in [6.07, 6.45) is 1.03. The van der Waals surface area contributed by atoms with E-state index < -0.39 is 8.32 Å². The monoisotopic (exact) mass is 280 g/mol. The molecule has 0 unspecified atom stereocenters. The second-order valence-corrected chi connectivity index (χ2v) is 11.0. The average molecular weight is 280 g/mol. The first-order valence-corrected chi connectivity index (χ1v) is 9.56. The highest BCUT2D eigenvalue weighted by Gasteiger charge is 2.40. The van der Waals surface area contributed by atoms with E-state index in [1.165, 1.54) is 0 Å². The molecule has 1 aromatic rings. The third kappa shape index (κ3) is 5.16. The van der Waals surface area contributed by atoms with Gasteiger partial charge in [0.05, 0.1) is 6.42 Å². The summed E-state index contributed by atoms with van der Waals surface area (Å²) in [5.74, 6) is -0.298. The van der Waals surface area contributed by atoms with Crippen LogP contribution in [0.1, 0.15) is 32.8 Å². The molecule has 0 N–H and O–H groups in total. The molecule has 1 aromatic carbocycles. The predicted octanol–water partition coefficient (Wildman–Crippen LogP) is 4.10. The second kappa shape index (κ2) is 6.35. The third-order valence-corrected chi connectivity index (χ3v) is 7.72. The van der Waals surface area contributed by atoms with Crippen LogP contribution in [0.3, 0.4) is 0 Å². The summed E-state index contributed by atoms with van der Waals surface area (Å²) in [4.78, 5) is 16.6. The lowest BCUT2D eigenvalue weighted by molar-refractivity contribution is -0.221. The lowest BCUT2D eigenvalue weighted by Gasteiger charge is -2.33. The molecule has 0 aliphatic rings. The van der Waals surface area contributed by atoms with Gasteiger partial charge in [-0.2, -0.15) is 0 Å². The van der Waals surface area contributed by atoms with Crippen LogP contribution in [-0.2, 0) is 20.7 Å². The van der Waals surface area contributed by atoms with Gasteiger partial charge in [0, 0.05) is 0 Å². The van der Waals surface area contributed by atoms with Gasteiger partial charge in [-0.15, -0.1) is 0 Å². The molecule has 0 atom stereocenters. The van der Waals surface area contributed by atoms with E-state index in [0.717, 1.165) is 5.56 Å². The molecule has 0 aliphatic carbocycles. The molecular weight excluding hydrogens is 256 g/mol. The molecule has 106 valence electrons. The van der Waals surface area contributed by atoms with Crippen LogP contribution in [-0.4, -0.2) is 14.3 Å².